The standard InChI is InChI=1S/C22H26Cl2O5/c23-19-7-3-1-5-17(19)21-22(18-6-2-4-8-20(18)24)29-16-14-27-12-10-25-9-11-26-13-15-28-21/h1-8,21-22H,9-16H2. The van der Waals surface area contributed by atoms with E-state index in [4.69, 9.17) is 46.9 Å². The molecule has 158 valence electrons. The summed E-state index contributed by atoms with van der Waals surface area (Å²) in [6, 6.07) is 15.2. The average Bonchev–Trinajstić information content (AvgIpc) is 2.74. The summed E-state index contributed by atoms with van der Waals surface area (Å²) in [7, 11) is 0. The van der Waals surface area contributed by atoms with Crippen LogP contribution >= 0.6 is 23.2 Å². The maximum absolute atomic E-state index is 6.50. The highest BCUT2D eigenvalue weighted by molar-refractivity contribution is 6.31. The zero-order valence-electron chi connectivity index (χ0n) is 16.2. The summed E-state index contributed by atoms with van der Waals surface area (Å²) < 4.78 is 29.1. The predicted molar refractivity (Wildman–Crippen MR) is 113 cm³/mol. The quantitative estimate of drug-likeness (QED) is 0.666. The predicted octanol–water partition coefficient (Wildman–Crippen LogP) is 4.87. The van der Waals surface area contributed by atoms with Crippen molar-refractivity contribution in [2.24, 2.45) is 0 Å². The topological polar surface area (TPSA) is 46.2 Å². The van der Waals surface area contributed by atoms with Gasteiger partial charge in [-0.3, -0.25) is 0 Å². The van der Waals surface area contributed by atoms with Crippen molar-refractivity contribution in [3.05, 3.63) is 69.7 Å². The summed E-state index contributed by atoms with van der Waals surface area (Å²) in [5.41, 5.74) is 1.68. The second-order valence-electron chi connectivity index (χ2n) is 6.46. The largest absolute Gasteiger partial charge is 0.377 e. The van der Waals surface area contributed by atoms with Gasteiger partial charge in [0.15, 0.2) is 0 Å². The highest BCUT2D eigenvalue weighted by atomic mass is 35.5. The number of benzene rings is 2. The second kappa shape index (κ2) is 12.5. The van der Waals surface area contributed by atoms with Crippen molar-refractivity contribution < 1.29 is 23.7 Å². The molecule has 29 heavy (non-hydrogen) atoms. The minimum Gasteiger partial charge on any atom is -0.377 e. The molecule has 5 nitrogen and oxygen atoms in total. The molecule has 0 saturated carbocycles. The van der Waals surface area contributed by atoms with E-state index in [1.165, 1.54) is 0 Å². The first-order valence-electron chi connectivity index (χ1n) is 9.72. The molecule has 2 aromatic carbocycles. The Morgan fingerprint density at radius 2 is 0.862 bits per heavy atom. The molecular weight excluding hydrogens is 415 g/mol. The van der Waals surface area contributed by atoms with Crippen molar-refractivity contribution in [1.29, 1.82) is 0 Å². The summed E-state index contributed by atoms with van der Waals surface area (Å²) in [4.78, 5) is 0. The number of rotatable bonds is 2. The molecular formula is C22H26Cl2O5. The van der Waals surface area contributed by atoms with Crippen LogP contribution in [0.4, 0.5) is 0 Å². The zero-order chi connectivity index (χ0) is 20.3. The van der Waals surface area contributed by atoms with Crippen molar-refractivity contribution >= 4 is 23.2 Å². The molecule has 1 fully saturated rings. The van der Waals surface area contributed by atoms with E-state index in [1.807, 2.05) is 48.5 Å². The van der Waals surface area contributed by atoms with E-state index in [1.54, 1.807) is 0 Å². The van der Waals surface area contributed by atoms with Crippen molar-refractivity contribution in [1.82, 2.24) is 0 Å². The third-order valence-corrected chi connectivity index (χ3v) is 5.18. The van der Waals surface area contributed by atoms with Gasteiger partial charge in [-0.05, 0) is 12.1 Å². The van der Waals surface area contributed by atoms with E-state index in [9.17, 15) is 0 Å². The molecule has 1 saturated heterocycles. The molecule has 2 aromatic rings. The van der Waals surface area contributed by atoms with Crippen molar-refractivity contribution in [3.63, 3.8) is 0 Å². The molecule has 7 heteroatoms. The van der Waals surface area contributed by atoms with Gasteiger partial charge in [-0.2, -0.15) is 0 Å². The van der Waals surface area contributed by atoms with E-state index in [0.717, 1.165) is 11.1 Å². The van der Waals surface area contributed by atoms with E-state index >= 15 is 0 Å². The highest BCUT2D eigenvalue weighted by Crippen LogP contribution is 2.40. The molecule has 0 aliphatic carbocycles. The Morgan fingerprint density at radius 3 is 1.24 bits per heavy atom. The summed E-state index contributed by atoms with van der Waals surface area (Å²) >= 11 is 13.0. The maximum atomic E-state index is 6.50. The molecule has 1 heterocycles. The first-order valence-corrected chi connectivity index (χ1v) is 10.5. The smallest absolute Gasteiger partial charge is 0.114 e. The third-order valence-electron chi connectivity index (χ3n) is 4.49. The monoisotopic (exact) mass is 440 g/mol. The molecule has 0 radical (unpaired) electrons. The Hall–Kier alpha value is -1.18. The van der Waals surface area contributed by atoms with Crippen LogP contribution in [0, 0.1) is 0 Å². The van der Waals surface area contributed by atoms with E-state index in [2.05, 4.69) is 0 Å². The lowest BCUT2D eigenvalue weighted by Gasteiger charge is -2.29. The Kier molecular flexibility index (Phi) is 9.70. The first kappa shape index (κ1) is 22.5. The normalized spacial score (nSPS) is 23.1. The van der Waals surface area contributed by atoms with E-state index < -0.39 is 12.2 Å². The Bertz CT molecular complexity index is 681. The molecule has 2 atom stereocenters. The minimum atomic E-state index is -0.450. The molecule has 1 aliphatic heterocycles. The van der Waals surface area contributed by atoms with Crippen LogP contribution in [0.15, 0.2) is 48.5 Å². The van der Waals surface area contributed by atoms with Crippen LogP contribution < -0.4 is 0 Å². The molecule has 0 amide bonds. The average molecular weight is 441 g/mol. The summed E-state index contributed by atoms with van der Waals surface area (Å²) in [6.45, 7) is 3.71. The minimum absolute atomic E-state index is 0.386. The van der Waals surface area contributed by atoms with Gasteiger partial charge in [0.2, 0.25) is 0 Å². The van der Waals surface area contributed by atoms with Gasteiger partial charge in [0, 0.05) is 21.2 Å². The van der Waals surface area contributed by atoms with Crippen molar-refractivity contribution in [2.75, 3.05) is 52.9 Å². The molecule has 0 bridgehead atoms. The van der Waals surface area contributed by atoms with Gasteiger partial charge >= 0.3 is 0 Å². The third kappa shape index (κ3) is 6.93. The Morgan fingerprint density at radius 1 is 0.517 bits per heavy atom. The molecule has 0 spiro atoms. The summed E-state index contributed by atoms with van der Waals surface area (Å²) in [5.74, 6) is 0. The highest BCUT2D eigenvalue weighted by Gasteiger charge is 2.30. The fraction of sp³-hybridized carbons (Fsp3) is 0.455. The number of hydrogen-bond donors (Lipinski definition) is 0. The zero-order valence-corrected chi connectivity index (χ0v) is 17.7. The van der Waals surface area contributed by atoms with Crippen molar-refractivity contribution in [3.8, 4) is 0 Å². The lowest BCUT2D eigenvalue weighted by atomic mass is 9.97. The van der Waals surface area contributed by atoms with Gasteiger partial charge in [-0.15, -0.1) is 0 Å². The molecule has 1 aliphatic rings. The fourth-order valence-electron chi connectivity index (χ4n) is 3.10. The lowest BCUT2D eigenvalue weighted by Crippen LogP contribution is -2.22. The molecule has 2 unspecified atom stereocenters. The van der Waals surface area contributed by atoms with Crippen LogP contribution in [-0.2, 0) is 23.7 Å². The van der Waals surface area contributed by atoms with Crippen LogP contribution in [-0.4, -0.2) is 52.9 Å². The van der Waals surface area contributed by atoms with Gasteiger partial charge in [0.25, 0.3) is 0 Å². The van der Waals surface area contributed by atoms with Crippen molar-refractivity contribution in [2.45, 2.75) is 12.2 Å². The van der Waals surface area contributed by atoms with Crippen LogP contribution in [0.5, 0.6) is 0 Å². The van der Waals surface area contributed by atoms with Gasteiger partial charge in [-0.25, -0.2) is 0 Å². The lowest BCUT2D eigenvalue weighted by molar-refractivity contribution is -0.0970. The van der Waals surface area contributed by atoms with Crippen LogP contribution in [0.1, 0.15) is 23.3 Å². The summed E-state index contributed by atoms with van der Waals surface area (Å²) in [6.07, 6.45) is -0.901. The Labute approximate surface area is 181 Å². The summed E-state index contributed by atoms with van der Waals surface area (Å²) in [5, 5.41) is 1.23. The van der Waals surface area contributed by atoms with E-state index in [0.29, 0.717) is 62.9 Å². The van der Waals surface area contributed by atoms with E-state index in [-0.39, 0.29) is 0 Å². The van der Waals surface area contributed by atoms with Crippen LogP contribution in [0.25, 0.3) is 0 Å². The SMILES string of the molecule is Clc1ccccc1C1OCCOCCOCCOCCOC1c1ccccc1Cl. The second-order valence-corrected chi connectivity index (χ2v) is 7.28. The van der Waals surface area contributed by atoms with Gasteiger partial charge < -0.3 is 23.7 Å². The van der Waals surface area contributed by atoms with Crippen LogP contribution in [0.3, 0.4) is 0 Å². The first-order chi connectivity index (χ1) is 14.3. The van der Waals surface area contributed by atoms with Gasteiger partial charge in [0.05, 0.1) is 52.9 Å². The number of halogens is 2. The maximum Gasteiger partial charge on any atom is 0.114 e. The number of ether oxygens (including phenoxy) is 5. The molecule has 0 aromatic heterocycles. The Balaban J connectivity index is 1.88. The molecule has 0 N–H and O–H groups in total. The molecule has 3 rings (SSSR count). The van der Waals surface area contributed by atoms with Gasteiger partial charge in [-0.1, -0.05) is 59.6 Å². The van der Waals surface area contributed by atoms with Crippen LogP contribution in [0.2, 0.25) is 10.0 Å². The fourth-order valence-corrected chi connectivity index (χ4v) is 3.59. The number of hydrogen-bond acceptors (Lipinski definition) is 5. The van der Waals surface area contributed by atoms with Gasteiger partial charge in [0.1, 0.15) is 12.2 Å².